The summed E-state index contributed by atoms with van der Waals surface area (Å²) in [5.41, 5.74) is 0. The molecule has 1 unspecified atom stereocenters. The first-order valence-electron chi connectivity index (χ1n) is 3.29. The molecule has 1 aliphatic rings. The predicted octanol–water partition coefficient (Wildman–Crippen LogP) is 0.239. The number of carbonyl (C=O) groups excluding carboxylic acids is 1. The molecule has 10 heavy (non-hydrogen) atoms. The molecule has 1 rings (SSSR count). The second-order valence-electron chi connectivity index (χ2n) is 2.19. The zero-order chi connectivity index (χ0) is 7.56. The van der Waals surface area contributed by atoms with Gasteiger partial charge in [0.2, 0.25) is 0 Å². The van der Waals surface area contributed by atoms with Crippen molar-refractivity contribution in [3.63, 3.8) is 0 Å². The Labute approximate surface area is 59.3 Å². The first-order chi connectivity index (χ1) is 4.74. The van der Waals surface area contributed by atoms with Gasteiger partial charge in [0.15, 0.2) is 12.1 Å². The van der Waals surface area contributed by atoms with E-state index in [1.54, 1.807) is 0 Å². The van der Waals surface area contributed by atoms with E-state index in [0.29, 0.717) is 6.42 Å². The Morgan fingerprint density at radius 2 is 2.50 bits per heavy atom. The van der Waals surface area contributed by atoms with Gasteiger partial charge < -0.3 is 9.84 Å². The highest BCUT2D eigenvalue weighted by Gasteiger charge is 2.21. The Morgan fingerprint density at radius 3 is 3.00 bits per heavy atom. The van der Waals surface area contributed by atoms with E-state index in [1.807, 2.05) is 6.92 Å². The lowest BCUT2D eigenvalue weighted by molar-refractivity contribution is -0.148. The molecule has 1 heterocycles. The van der Waals surface area contributed by atoms with Crippen molar-refractivity contribution in [1.82, 2.24) is 0 Å². The smallest absolute Gasteiger partial charge is 0.184 e. The number of rotatable bonds is 1. The zero-order valence-corrected chi connectivity index (χ0v) is 5.78. The third-order valence-corrected chi connectivity index (χ3v) is 1.42. The first-order valence-corrected chi connectivity index (χ1v) is 3.29. The van der Waals surface area contributed by atoms with Gasteiger partial charge in [0, 0.05) is 0 Å². The van der Waals surface area contributed by atoms with Gasteiger partial charge in [0.25, 0.3) is 0 Å². The Hall–Kier alpha value is -0.670. The third-order valence-electron chi connectivity index (χ3n) is 1.42. The van der Waals surface area contributed by atoms with Crippen molar-refractivity contribution in [2.24, 2.45) is 0 Å². The number of ether oxygens (including phenoxy) is 1. The number of ketones is 1. The molecule has 2 atom stereocenters. The molecule has 0 aliphatic carbocycles. The first kappa shape index (κ1) is 7.44. The van der Waals surface area contributed by atoms with Gasteiger partial charge in [0.1, 0.15) is 6.10 Å². The topological polar surface area (TPSA) is 46.5 Å². The van der Waals surface area contributed by atoms with Crippen LogP contribution in [0.4, 0.5) is 0 Å². The minimum absolute atomic E-state index is 0.0622. The SMILES string of the molecule is CC[C@@H]1OC(O)C=CC1=O. The van der Waals surface area contributed by atoms with Crippen LogP contribution in [0.5, 0.6) is 0 Å². The summed E-state index contributed by atoms with van der Waals surface area (Å²) in [6, 6.07) is 0. The number of aliphatic hydroxyl groups excluding tert-OH is 1. The van der Waals surface area contributed by atoms with Gasteiger partial charge in [-0.15, -0.1) is 0 Å². The Morgan fingerprint density at radius 1 is 1.80 bits per heavy atom. The monoisotopic (exact) mass is 142 g/mol. The van der Waals surface area contributed by atoms with E-state index in [-0.39, 0.29) is 5.78 Å². The fraction of sp³-hybridized carbons (Fsp3) is 0.571. The van der Waals surface area contributed by atoms with E-state index < -0.39 is 12.4 Å². The van der Waals surface area contributed by atoms with Crippen LogP contribution in [0.3, 0.4) is 0 Å². The third kappa shape index (κ3) is 1.43. The van der Waals surface area contributed by atoms with Gasteiger partial charge in [-0.25, -0.2) is 0 Å². The van der Waals surface area contributed by atoms with Crippen LogP contribution in [0.15, 0.2) is 12.2 Å². The molecule has 0 saturated heterocycles. The molecule has 0 spiro atoms. The molecule has 0 aromatic carbocycles. The van der Waals surface area contributed by atoms with Crippen LogP contribution in [0.1, 0.15) is 13.3 Å². The van der Waals surface area contributed by atoms with Gasteiger partial charge in [-0.1, -0.05) is 6.92 Å². The maximum absolute atomic E-state index is 10.8. The van der Waals surface area contributed by atoms with Crippen LogP contribution in [-0.4, -0.2) is 23.3 Å². The second kappa shape index (κ2) is 2.94. The van der Waals surface area contributed by atoms with Crippen molar-refractivity contribution in [2.45, 2.75) is 25.7 Å². The molecule has 0 bridgehead atoms. The van der Waals surface area contributed by atoms with Gasteiger partial charge >= 0.3 is 0 Å². The van der Waals surface area contributed by atoms with Gasteiger partial charge in [-0.05, 0) is 18.6 Å². The van der Waals surface area contributed by atoms with Crippen LogP contribution in [0.25, 0.3) is 0 Å². The molecule has 56 valence electrons. The Balaban J connectivity index is 2.62. The highest BCUT2D eigenvalue weighted by molar-refractivity contribution is 5.94. The molecular weight excluding hydrogens is 132 g/mol. The van der Waals surface area contributed by atoms with Crippen molar-refractivity contribution in [3.8, 4) is 0 Å². The average Bonchev–Trinajstić information content (AvgIpc) is 1.94. The Kier molecular flexibility index (Phi) is 2.19. The molecule has 0 radical (unpaired) electrons. The summed E-state index contributed by atoms with van der Waals surface area (Å²) < 4.78 is 4.87. The van der Waals surface area contributed by atoms with Crippen molar-refractivity contribution in [3.05, 3.63) is 12.2 Å². The summed E-state index contributed by atoms with van der Waals surface area (Å²) in [4.78, 5) is 10.8. The van der Waals surface area contributed by atoms with Crippen LogP contribution in [-0.2, 0) is 9.53 Å². The predicted molar refractivity (Wildman–Crippen MR) is 35.3 cm³/mol. The van der Waals surface area contributed by atoms with E-state index in [4.69, 9.17) is 9.84 Å². The second-order valence-corrected chi connectivity index (χ2v) is 2.19. The molecule has 0 amide bonds. The summed E-state index contributed by atoms with van der Waals surface area (Å²) in [6.45, 7) is 1.84. The molecule has 3 nitrogen and oxygen atoms in total. The maximum Gasteiger partial charge on any atom is 0.184 e. The van der Waals surface area contributed by atoms with Crippen molar-refractivity contribution < 1.29 is 14.6 Å². The molecule has 0 fully saturated rings. The molecule has 0 saturated carbocycles. The zero-order valence-electron chi connectivity index (χ0n) is 5.78. The van der Waals surface area contributed by atoms with Crippen LogP contribution in [0, 0.1) is 0 Å². The van der Waals surface area contributed by atoms with Gasteiger partial charge in [-0.3, -0.25) is 4.79 Å². The summed E-state index contributed by atoms with van der Waals surface area (Å²) in [5, 5.41) is 8.87. The summed E-state index contributed by atoms with van der Waals surface area (Å²) in [6.07, 6.45) is 1.97. The van der Waals surface area contributed by atoms with Crippen molar-refractivity contribution in [1.29, 1.82) is 0 Å². The largest absolute Gasteiger partial charge is 0.365 e. The lowest BCUT2D eigenvalue weighted by atomic mass is 10.1. The quantitative estimate of drug-likeness (QED) is 0.570. The van der Waals surface area contributed by atoms with Crippen molar-refractivity contribution in [2.75, 3.05) is 0 Å². The minimum atomic E-state index is -0.900. The summed E-state index contributed by atoms with van der Waals surface area (Å²) in [7, 11) is 0. The highest BCUT2D eigenvalue weighted by atomic mass is 16.6. The fourth-order valence-corrected chi connectivity index (χ4v) is 0.863. The number of hydrogen-bond acceptors (Lipinski definition) is 3. The Bertz CT molecular complexity index is 162. The number of aliphatic hydroxyl groups is 1. The molecule has 1 aliphatic heterocycles. The number of hydrogen-bond donors (Lipinski definition) is 1. The standard InChI is InChI=1S/C7H10O3/c1-2-6-5(8)3-4-7(9)10-6/h3-4,6-7,9H,2H2,1H3/t6-,7?/m0/s1. The van der Waals surface area contributed by atoms with E-state index in [1.165, 1.54) is 12.2 Å². The molecule has 3 heteroatoms. The van der Waals surface area contributed by atoms with E-state index >= 15 is 0 Å². The normalized spacial score (nSPS) is 32.8. The van der Waals surface area contributed by atoms with E-state index in [0.717, 1.165) is 0 Å². The fourth-order valence-electron chi connectivity index (χ4n) is 0.863. The van der Waals surface area contributed by atoms with E-state index in [9.17, 15) is 4.79 Å². The van der Waals surface area contributed by atoms with Crippen LogP contribution in [0.2, 0.25) is 0 Å². The average molecular weight is 142 g/mol. The van der Waals surface area contributed by atoms with Gasteiger partial charge in [0.05, 0.1) is 0 Å². The van der Waals surface area contributed by atoms with Gasteiger partial charge in [-0.2, -0.15) is 0 Å². The van der Waals surface area contributed by atoms with Crippen LogP contribution >= 0.6 is 0 Å². The maximum atomic E-state index is 10.8. The lowest BCUT2D eigenvalue weighted by Gasteiger charge is -2.19. The van der Waals surface area contributed by atoms with Crippen molar-refractivity contribution >= 4 is 5.78 Å². The molecule has 1 N–H and O–H groups in total. The molecular formula is C7H10O3. The minimum Gasteiger partial charge on any atom is -0.365 e. The summed E-state index contributed by atoms with van der Waals surface area (Å²) >= 11 is 0. The van der Waals surface area contributed by atoms with E-state index in [2.05, 4.69) is 0 Å². The number of carbonyl (C=O) groups is 1. The molecule has 0 aromatic heterocycles. The highest BCUT2D eigenvalue weighted by Crippen LogP contribution is 2.09. The molecule has 0 aromatic rings. The summed E-state index contributed by atoms with van der Waals surface area (Å²) in [5.74, 6) is -0.0622. The van der Waals surface area contributed by atoms with Crippen LogP contribution < -0.4 is 0 Å². The lowest BCUT2D eigenvalue weighted by Crippen LogP contribution is -2.30.